The van der Waals surface area contributed by atoms with Gasteiger partial charge in [0.15, 0.2) is 0 Å². The number of benzene rings is 1. The maximum atomic E-state index is 13.3. The molecule has 8 heteroatoms. The summed E-state index contributed by atoms with van der Waals surface area (Å²) in [5.74, 6) is 0.501. The second-order valence-electron chi connectivity index (χ2n) is 6.09. The standard InChI is InChI=1S/C20H16FN3O2S2/c21-15-5-3-13(4-6-15)19(16-2-1-10-28-16)22-17(25)7-8-18-23-20(24-26-18)14-9-11-27-12-14/h1-6,9-12,19H,7-8H2,(H,22,25)/t19-/m0/s1. The highest BCUT2D eigenvalue weighted by Crippen LogP contribution is 2.26. The summed E-state index contributed by atoms with van der Waals surface area (Å²) in [6, 6.07) is 11.6. The highest BCUT2D eigenvalue weighted by molar-refractivity contribution is 7.10. The molecule has 4 rings (SSSR count). The van der Waals surface area contributed by atoms with E-state index in [0.717, 1.165) is 16.0 Å². The van der Waals surface area contributed by atoms with Gasteiger partial charge in [-0.3, -0.25) is 4.79 Å². The molecule has 0 radical (unpaired) electrons. The molecule has 0 spiro atoms. The summed E-state index contributed by atoms with van der Waals surface area (Å²) >= 11 is 3.10. The fraction of sp³-hybridized carbons (Fsp3) is 0.150. The SMILES string of the molecule is O=C(CCc1nc(-c2ccsc2)no1)N[C@@H](c1ccc(F)cc1)c1cccs1. The number of rotatable bonds is 7. The van der Waals surface area contributed by atoms with Gasteiger partial charge in [-0.15, -0.1) is 11.3 Å². The molecule has 5 nitrogen and oxygen atoms in total. The van der Waals surface area contributed by atoms with E-state index in [1.54, 1.807) is 23.5 Å². The van der Waals surface area contributed by atoms with Crippen LogP contribution in [0.4, 0.5) is 4.39 Å². The zero-order valence-corrected chi connectivity index (χ0v) is 16.3. The van der Waals surface area contributed by atoms with Crippen LogP contribution in [0.1, 0.15) is 28.8 Å². The third-order valence-electron chi connectivity index (χ3n) is 4.15. The number of nitrogens with zero attached hydrogens (tertiary/aromatic N) is 2. The van der Waals surface area contributed by atoms with Crippen molar-refractivity contribution in [1.82, 2.24) is 15.5 Å². The quantitative estimate of drug-likeness (QED) is 0.471. The molecule has 0 bridgehead atoms. The average Bonchev–Trinajstić information content (AvgIpc) is 3.47. The number of aromatic nitrogens is 2. The van der Waals surface area contributed by atoms with Crippen LogP contribution >= 0.6 is 22.7 Å². The van der Waals surface area contributed by atoms with Crippen molar-refractivity contribution in [3.63, 3.8) is 0 Å². The first-order valence-corrected chi connectivity index (χ1v) is 10.4. The van der Waals surface area contributed by atoms with Crippen LogP contribution in [-0.2, 0) is 11.2 Å². The lowest BCUT2D eigenvalue weighted by atomic mass is 10.0. The summed E-state index contributed by atoms with van der Waals surface area (Å²) in [7, 11) is 0. The van der Waals surface area contributed by atoms with E-state index < -0.39 is 0 Å². The molecule has 0 aliphatic rings. The van der Waals surface area contributed by atoms with E-state index in [9.17, 15) is 9.18 Å². The minimum absolute atomic E-state index is 0.141. The molecule has 1 amide bonds. The minimum atomic E-state index is -0.322. The van der Waals surface area contributed by atoms with Gasteiger partial charge in [-0.1, -0.05) is 23.4 Å². The highest BCUT2D eigenvalue weighted by atomic mass is 32.1. The Hall–Kier alpha value is -2.84. The van der Waals surface area contributed by atoms with Crippen molar-refractivity contribution in [2.75, 3.05) is 0 Å². The molecule has 0 fully saturated rings. The van der Waals surface area contributed by atoms with Crippen molar-refractivity contribution >= 4 is 28.6 Å². The summed E-state index contributed by atoms with van der Waals surface area (Å²) < 4.78 is 18.5. The number of hydrogen-bond donors (Lipinski definition) is 1. The molecule has 3 heterocycles. The first-order valence-electron chi connectivity index (χ1n) is 8.62. The van der Waals surface area contributed by atoms with Crippen molar-refractivity contribution in [2.24, 2.45) is 0 Å². The van der Waals surface area contributed by atoms with Crippen molar-refractivity contribution in [1.29, 1.82) is 0 Å². The van der Waals surface area contributed by atoms with E-state index in [-0.39, 0.29) is 24.2 Å². The van der Waals surface area contributed by atoms with Crippen molar-refractivity contribution < 1.29 is 13.7 Å². The Labute approximate surface area is 168 Å². The summed E-state index contributed by atoms with van der Waals surface area (Å²) in [6.45, 7) is 0. The predicted molar refractivity (Wildman–Crippen MR) is 107 cm³/mol. The van der Waals surface area contributed by atoms with E-state index in [4.69, 9.17) is 4.52 Å². The number of aryl methyl sites for hydroxylation is 1. The monoisotopic (exact) mass is 413 g/mol. The molecule has 28 heavy (non-hydrogen) atoms. The third kappa shape index (κ3) is 4.35. The number of carbonyl (C=O) groups is 1. The number of hydrogen-bond acceptors (Lipinski definition) is 6. The van der Waals surface area contributed by atoms with Gasteiger partial charge >= 0.3 is 0 Å². The Morgan fingerprint density at radius 2 is 2.04 bits per heavy atom. The molecule has 3 aromatic heterocycles. The van der Waals surface area contributed by atoms with E-state index in [0.29, 0.717) is 18.1 Å². The molecule has 1 atom stereocenters. The average molecular weight is 413 g/mol. The maximum absolute atomic E-state index is 13.3. The van der Waals surface area contributed by atoms with Gasteiger partial charge in [0, 0.05) is 28.7 Å². The van der Waals surface area contributed by atoms with Crippen LogP contribution < -0.4 is 5.32 Å². The Morgan fingerprint density at radius 1 is 1.18 bits per heavy atom. The second-order valence-corrected chi connectivity index (χ2v) is 7.85. The largest absolute Gasteiger partial charge is 0.344 e. The van der Waals surface area contributed by atoms with Crippen LogP contribution in [0, 0.1) is 5.82 Å². The number of thiophene rings is 2. The zero-order valence-electron chi connectivity index (χ0n) is 14.7. The Morgan fingerprint density at radius 3 is 2.75 bits per heavy atom. The summed E-state index contributed by atoms with van der Waals surface area (Å²) in [5, 5.41) is 12.8. The lowest BCUT2D eigenvalue weighted by Crippen LogP contribution is -2.29. The number of halogens is 1. The molecule has 0 unspecified atom stereocenters. The minimum Gasteiger partial charge on any atom is -0.344 e. The summed E-state index contributed by atoms with van der Waals surface area (Å²) in [6.07, 6.45) is 0.567. The van der Waals surface area contributed by atoms with E-state index in [1.807, 2.05) is 34.3 Å². The van der Waals surface area contributed by atoms with E-state index in [1.165, 1.54) is 23.5 Å². The zero-order chi connectivity index (χ0) is 19.3. The first-order chi connectivity index (χ1) is 13.7. The smallest absolute Gasteiger partial charge is 0.227 e. The van der Waals surface area contributed by atoms with Gasteiger partial charge in [0.05, 0.1) is 6.04 Å². The molecular formula is C20H16FN3O2S2. The molecule has 0 aliphatic carbocycles. The van der Waals surface area contributed by atoms with Crippen LogP contribution in [0.15, 0.2) is 63.1 Å². The number of nitrogens with one attached hydrogen (secondary N) is 1. The molecule has 1 N–H and O–H groups in total. The van der Waals surface area contributed by atoms with Gasteiger partial charge in [0.1, 0.15) is 5.82 Å². The Bertz CT molecular complexity index is 1030. The van der Waals surface area contributed by atoms with Gasteiger partial charge in [-0.2, -0.15) is 16.3 Å². The van der Waals surface area contributed by atoms with Gasteiger partial charge < -0.3 is 9.84 Å². The van der Waals surface area contributed by atoms with Gasteiger partial charge in [0.25, 0.3) is 0 Å². The molecule has 0 aliphatic heterocycles. The Balaban J connectivity index is 1.41. The lowest BCUT2D eigenvalue weighted by Gasteiger charge is -2.18. The summed E-state index contributed by atoms with van der Waals surface area (Å²) in [4.78, 5) is 17.8. The van der Waals surface area contributed by atoms with Gasteiger partial charge in [-0.05, 0) is 40.6 Å². The van der Waals surface area contributed by atoms with Crippen LogP contribution in [-0.4, -0.2) is 16.0 Å². The molecule has 4 aromatic rings. The number of amides is 1. The molecular weight excluding hydrogens is 397 g/mol. The molecule has 1 aromatic carbocycles. The fourth-order valence-corrected chi connectivity index (χ4v) is 4.19. The lowest BCUT2D eigenvalue weighted by molar-refractivity contribution is -0.121. The maximum Gasteiger partial charge on any atom is 0.227 e. The van der Waals surface area contributed by atoms with Crippen molar-refractivity contribution in [2.45, 2.75) is 18.9 Å². The van der Waals surface area contributed by atoms with E-state index >= 15 is 0 Å². The highest BCUT2D eigenvalue weighted by Gasteiger charge is 2.19. The predicted octanol–water partition coefficient (Wildman–Crippen LogP) is 4.84. The fourth-order valence-electron chi connectivity index (χ4n) is 2.75. The topological polar surface area (TPSA) is 68.0 Å². The van der Waals surface area contributed by atoms with Crippen LogP contribution in [0.2, 0.25) is 0 Å². The number of carbonyl (C=O) groups excluding carboxylic acids is 1. The van der Waals surface area contributed by atoms with Crippen LogP contribution in [0.25, 0.3) is 11.4 Å². The molecule has 0 saturated heterocycles. The van der Waals surface area contributed by atoms with Crippen molar-refractivity contribution in [3.05, 3.63) is 80.8 Å². The molecule has 142 valence electrons. The Kier molecular flexibility index (Phi) is 5.59. The normalized spacial score (nSPS) is 12.0. The third-order valence-corrected chi connectivity index (χ3v) is 5.77. The van der Waals surface area contributed by atoms with Gasteiger partial charge in [-0.25, -0.2) is 4.39 Å². The van der Waals surface area contributed by atoms with Crippen LogP contribution in [0.3, 0.4) is 0 Å². The second kappa shape index (κ2) is 8.45. The summed E-state index contributed by atoms with van der Waals surface area (Å²) in [5.41, 5.74) is 1.73. The van der Waals surface area contributed by atoms with Gasteiger partial charge in [0.2, 0.25) is 17.6 Å². The first kappa shape index (κ1) is 18.5. The van der Waals surface area contributed by atoms with Crippen molar-refractivity contribution in [3.8, 4) is 11.4 Å². The van der Waals surface area contributed by atoms with E-state index in [2.05, 4.69) is 15.5 Å². The van der Waals surface area contributed by atoms with Crippen LogP contribution in [0.5, 0.6) is 0 Å². The molecule has 0 saturated carbocycles.